The number of benzene rings is 1. The lowest BCUT2D eigenvalue weighted by Gasteiger charge is -2.24. The Hall–Kier alpha value is -1.71. The topological polar surface area (TPSA) is 58.4 Å². The zero-order chi connectivity index (χ0) is 12.4. The van der Waals surface area contributed by atoms with E-state index in [0.717, 1.165) is 36.4 Å². The van der Waals surface area contributed by atoms with Crippen molar-refractivity contribution in [2.24, 2.45) is 0 Å². The van der Waals surface area contributed by atoms with E-state index in [4.69, 9.17) is 5.73 Å². The van der Waals surface area contributed by atoms with Gasteiger partial charge in [-0.2, -0.15) is 0 Å². The third-order valence-electron chi connectivity index (χ3n) is 3.12. The first-order valence-electron chi connectivity index (χ1n) is 6.05. The van der Waals surface area contributed by atoms with Crippen LogP contribution in [-0.4, -0.2) is 19.5 Å². The van der Waals surface area contributed by atoms with Crippen LogP contribution in [0.2, 0.25) is 0 Å². The molecule has 1 amide bonds. The average Bonchev–Trinajstić information content (AvgIpc) is 2.28. The summed E-state index contributed by atoms with van der Waals surface area (Å²) in [6.07, 6.45) is 2.45. The normalized spacial score (nSPS) is 14.1. The Morgan fingerprint density at radius 1 is 1.41 bits per heavy atom. The zero-order valence-electron chi connectivity index (χ0n) is 10.4. The fraction of sp³-hybridized carbons (Fsp3) is 0.462. The summed E-state index contributed by atoms with van der Waals surface area (Å²) in [6.45, 7) is 3.13. The number of nitrogens with two attached hydrogens (primary N) is 1. The monoisotopic (exact) mass is 233 g/mol. The molecule has 0 saturated carbocycles. The second-order valence-corrected chi connectivity index (χ2v) is 4.54. The van der Waals surface area contributed by atoms with Crippen molar-refractivity contribution < 1.29 is 4.79 Å². The first kappa shape index (κ1) is 11.8. The summed E-state index contributed by atoms with van der Waals surface area (Å²) in [4.78, 5) is 13.5. The molecule has 1 aromatic carbocycles. The molecular weight excluding hydrogens is 214 g/mol. The lowest BCUT2D eigenvalue weighted by atomic mass is 10.0. The smallest absolute Gasteiger partial charge is 0.224 e. The maximum atomic E-state index is 11.3. The predicted octanol–water partition coefficient (Wildman–Crippen LogP) is 2.00. The molecule has 0 atom stereocenters. The molecule has 0 bridgehead atoms. The van der Waals surface area contributed by atoms with Crippen molar-refractivity contribution in [2.75, 3.05) is 29.5 Å². The van der Waals surface area contributed by atoms with Crippen LogP contribution in [0.25, 0.3) is 0 Å². The number of nitrogens with zero attached hydrogens (tertiary/aromatic N) is 1. The number of anilines is 3. The molecule has 4 nitrogen and oxygen atoms in total. The van der Waals surface area contributed by atoms with Crippen molar-refractivity contribution in [1.82, 2.24) is 0 Å². The number of hydrogen-bond donors (Lipinski definition) is 2. The van der Waals surface area contributed by atoms with Gasteiger partial charge < -0.3 is 16.0 Å². The van der Waals surface area contributed by atoms with E-state index < -0.39 is 0 Å². The fourth-order valence-electron chi connectivity index (χ4n) is 2.22. The molecule has 0 fully saturated rings. The van der Waals surface area contributed by atoms with Gasteiger partial charge in [0.15, 0.2) is 0 Å². The molecule has 17 heavy (non-hydrogen) atoms. The minimum Gasteiger partial charge on any atom is -0.397 e. The van der Waals surface area contributed by atoms with Crippen LogP contribution in [0.3, 0.4) is 0 Å². The van der Waals surface area contributed by atoms with E-state index in [1.165, 1.54) is 5.56 Å². The Labute approximate surface area is 102 Å². The molecule has 1 aromatic rings. The number of carbonyl (C=O) groups is 1. The summed E-state index contributed by atoms with van der Waals surface area (Å²) < 4.78 is 0. The second kappa shape index (κ2) is 4.65. The van der Waals surface area contributed by atoms with Crippen molar-refractivity contribution in [1.29, 1.82) is 0 Å². The average molecular weight is 233 g/mol. The van der Waals surface area contributed by atoms with E-state index in [9.17, 15) is 4.79 Å². The van der Waals surface area contributed by atoms with E-state index >= 15 is 0 Å². The van der Waals surface area contributed by atoms with Gasteiger partial charge in [0.05, 0.1) is 11.4 Å². The molecule has 0 aromatic heterocycles. The Bertz CT molecular complexity index is 443. The first-order chi connectivity index (χ1) is 8.11. The standard InChI is InChI=1S/C13H19N3O/c1-3-6-16(2)12-7-9-4-5-13(17)15-11(9)8-10(12)14/h7-8H,3-6,14H2,1-2H3,(H,15,17). The van der Waals surface area contributed by atoms with Gasteiger partial charge in [0, 0.05) is 25.7 Å². The summed E-state index contributed by atoms with van der Waals surface area (Å²) >= 11 is 0. The minimum absolute atomic E-state index is 0.0755. The fourth-order valence-corrected chi connectivity index (χ4v) is 2.22. The zero-order valence-corrected chi connectivity index (χ0v) is 10.4. The maximum Gasteiger partial charge on any atom is 0.224 e. The summed E-state index contributed by atoms with van der Waals surface area (Å²) in [5.41, 5.74) is 9.85. The van der Waals surface area contributed by atoms with E-state index in [2.05, 4.69) is 23.2 Å². The van der Waals surface area contributed by atoms with Crippen LogP contribution in [0.15, 0.2) is 12.1 Å². The molecular formula is C13H19N3O. The number of rotatable bonds is 3. The number of fused-ring (bicyclic) bond motifs is 1. The highest BCUT2D eigenvalue weighted by Gasteiger charge is 2.17. The molecule has 0 aliphatic carbocycles. The van der Waals surface area contributed by atoms with Crippen LogP contribution in [0.1, 0.15) is 25.3 Å². The molecule has 0 saturated heterocycles. The van der Waals surface area contributed by atoms with E-state index in [1.807, 2.05) is 13.1 Å². The lowest BCUT2D eigenvalue weighted by Crippen LogP contribution is -2.22. The third-order valence-corrected chi connectivity index (χ3v) is 3.12. The summed E-state index contributed by atoms with van der Waals surface area (Å²) in [6, 6.07) is 3.97. The number of nitrogen functional groups attached to an aromatic ring is 1. The van der Waals surface area contributed by atoms with Crippen molar-refractivity contribution in [2.45, 2.75) is 26.2 Å². The quantitative estimate of drug-likeness (QED) is 0.785. The van der Waals surface area contributed by atoms with Crippen molar-refractivity contribution in [3.63, 3.8) is 0 Å². The van der Waals surface area contributed by atoms with Crippen molar-refractivity contribution in [3.05, 3.63) is 17.7 Å². The predicted molar refractivity (Wildman–Crippen MR) is 71.4 cm³/mol. The van der Waals surface area contributed by atoms with Crippen LogP contribution >= 0.6 is 0 Å². The third kappa shape index (κ3) is 2.35. The highest BCUT2D eigenvalue weighted by Crippen LogP contribution is 2.32. The number of carbonyl (C=O) groups excluding carboxylic acids is 1. The summed E-state index contributed by atoms with van der Waals surface area (Å²) in [5, 5.41) is 2.86. The molecule has 0 spiro atoms. The largest absolute Gasteiger partial charge is 0.397 e. The molecule has 92 valence electrons. The SMILES string of the molecule is CCCN(C)c1cc2c(cc1N)NC(=O)CC2. The Morgan fingerprint density at radius 3 is 2.88 bits per heavy atom. The van der Waals surface area contributed by atoms with E-state index in [1.54, 1.807) is 0 Å². The number of hydrogen-bond acceptors (Lipinski definition) is 3. The van der Waals surface area contributed by atoms with Gasteiger partial charge >= 0.3 is 0 Å². The van der Waals surface area contributed by atoms with Crippen LogP contribution < -0.4 is 16.0 Å². The number of nitrogens with one attached hydrogen (secondary N) is 1. The van der Waals surface area contributed by atoms with Gasteiger partial charge in [-0.15, -0.1) is 0 Å². The second-order valence-electron chi connectivity index (χ2n) is 4.54. The highest BCUT2D eigenvalue weighted by atomic mass is 16.1. The van der Waals surface area contributed by atoms with Gasteiger partial charge in [0.1, 0.15) is 0 Å². The Kier molecular flexibility index (Phi) is 3.22. The molecule has 1 aliphatic rings. The van der Waals surface area contributed by atoms with Gasteiger partial charge in [-0.05, 0) is 30.5 Å². The number of aryl methyl sites for hydroxylation is 1. The van der Waals surface area contributed by atoms with Gasteiger partial charge in [0.2, 0.25) is 5.91 Å². The van der Waals surface area contributed by atoms with Gasteiger partial charge in [-0.3, -0.25) is 4.79 Å². The van der Waals surface area contributed by atoms with Crippen molar-refractivity contribution in [3.8, 4) is 0 Å². The van der Waals surface area contributed by atoms with Gasteiger partial charge in [-0.25, -0.2) is 0 Å². The highest BCUT2D eigenvalue weighted by molar-refractivity contribution is 5.95. The molecule has 0 unspecified atom stereocenters. The first-order valence-corrected chi connectivity index (χ1v) is 6.05. The Balaban J connectivity index is 2.34. The van der Waals surface area contributed by atoms with E-state index in [-0.39, 0.29) is 5.91 Å². The van der Waals surface area contributed by atoms with Crippen LogP contribution in [0.4, 0.5) is 17.1 Å². The summed E-state index contributed by atoms with van der Waals surface area (Å²) in [7, 11) is 2.04. The van der Waals surface area contributed by atoms with Crippen LogP contribution in [0, 0.1) is 0 Å². The lowest BCUT2D eigenvalue weighted by molar-refractivity contribution is -0.116. The van der Waals surface area contributed by atoms with Gasteiger partial charge in [0.25, 0.3) is 0 Å². The molecule has 3 N–H and O–H groups in total. The van der Waals surface area contributed by atoms with E-state index in [0.29, 0.717) is 6.42 Å². The molecule has 4 heteroatoms. The van der Waals surface area contributed by atoms with Crippen LogP contribution in [0.5, 0.6) is 0 Å². The Morgan fingerprint density at radius 2 is 2.18 bits per heavy atom. The molecule has 1 heterocycles. The van der Waals surface area contributed by atoms with Crippen LogP contribution in [-0.2, 0) is 11.2 Å². The summed E-state index contributed by atoms with van der Waals surface area (Å²) in [5.74, 6) is 0.0755. The molecule has 1 aliphatic heterocycles. The number of amides is 1. The van der Waals surface area contributed by atoms with Gasteiger partial charge in [-0.1, -0.05) is 6.92 Å². The minimum atomic E-state index is 0.0755. The van der Waals surface area contributed by atoms with Crippen molar-refractivity contribution >= 4 is 23.0 Å². The maximum absolute atomic E-state index is 11.3. The molecule has 2 rings (SSSR count). The molecule has 0 radical (unpaired) electrons.